The summed E-state index contributed by atoms with van der Waals surface area (Å²) in [7, 11) is -6.45. The van der Waals surface area contributed by atoms with Crippen LogP contribution in [0.5, 0.6) is 0 Å². The summed E-state index contributed by atoms with van der Waals surface area (Å²) >= 11 is 1.58. The molecule has 0 spiro atoms. The number of Topliss-reactive ketones (excluding diaryl/α,β-unsaturated/α-hetero) is 1. The molecule has 1 heterocycles. The summed E-state index contributed by atoms with van der Waals surface area (Å²) in [6.45, 7) is 49.3. The molecular formula is C47H85NO6SSi3. The molecule has 1 aromatic heterocycles. The molecule has 0 saturated heterocycles. The molecule has 1 rings (SSSR count). The number of rotatable bonds is 25. The molecule has 58 heavy (non-hydrogen) atoms. The van der Waals surface area contributed by atoms with Gasteiger partial charge >= 0.3 is 5.97 Å². The zero-order chi connectivity index (χ0) is 45.1. The van der Waals surface area contributed by atoms with Crippen LogP contribution in [0, 0.1) is 17.3 Å². The largest absolute Gasteiger partial charge is 0.457 e. The lowest BCUT2D eigenvalue weighted by Crippen LogP contribution is -2.53. The van der Waals surface area contributed by atoms with Gasteiger partial charge in [-0.2, -0.15) is 0 Å². The van der Waals surface area contributed by atoms with Gasteiger partial charge in [-0.3, -0.25) is 9.59 Å². The van der Waals surface area contributed by atoms with Crippen LogP contribution < -0.4 is 0 Å². The van der Waals surface area contributed by atoms with Crippen molar-refractivity contribution >= 4 is 54.1 Å². The van der Waals surface area contributed by atoms with Gasteiger partial charge in [0.15, 0.2) is 25.0 Å². The van der Waals surface area contributed by atoms with Gasteiger partial charge in [0, 0.05) is 23.1 Å². The van der Waals surface area contributed by atoms with Crippen LogP contribution in [0.15, 0.2) is 47.9 Å². The first-order valence-electron chi connectivity index (χ1n) is 21.7. The molecule has 0 aliphatic rings. The van der Waals surface area contributed by atoms with Crippen molar-refractivity contribution in [2.24, 2.45) is 17.3 Å². The van der Waals surface area contributed by atoms with Crippen LogP contribution in [0.2, 0.25) is 54.4 Å². The lowest BCUT2D eigenvalue weighted by Gasteiger charge is -2.45. The second-order valence-corrected chi connectivity index (χ2v) is 35.5. The number of ketones is 1. The van der Waals surface area contributed by atoms with E-state index >= 15 is 0 Å². The van der Waals surface area contributed by atoms with E-state index in [1.165, 1.54) is 0 Å². The normalized spacial score (nSPS) is 16.7. The number of hydrogen-bond donors (Lipinski definition) is 0. The molecule has 0 fully saturated rings. The van der Waals surface area contributed by atoms with Gasteiger partial charge in [-0.15, -0.1) is 24.5 Å². The van der Waals surface area contributed by atoms with E-state index in [1.807, 2.05) is 51.3 Å². The first-order valence-corrected chi connectivity index (χ1v) is 31.0. The Morgan fingerprint density at radius 3 is 1.91 bits per heavy atom. The summed E-state index contributed by atoms with van der Waals surface area (Å²) in [5.41, 5.74) is 1.86. The summed E-state index contributed by atoms with van der Waals surface area (Å²) in [5, 5.41) is 3.04. The maximum Gasteiger partial charge on any atom is 0.309 e. The number of hydrogen-bond acceptors (Lipinski definition) is 8. The van der Waals surface area contributed by atoms with Crippen LogP contribution in [0.1, 0.15) is 134 Å². The second kappa shape index (κ2) is 22.4. The number of ether oxygens (including phenoxy) is 1. The highest BCUT2D eigenvalue weighted by atomic mass is 32.1. The average Bonchev–Trinajstić information content (AvgIpc) is 3.58. The molecular weight excluding hydrogens is 791 g/mol. The first kappa shape index (κ1) is 54.3. The molecule has 1 aromatic rings. The lowest BCUT2D eigenvalue weighted by molar-refractivity contribution is -0.153. The van der Waals surface area contributed by atoms with E-state index < -0.39 is 48.5 Å². The van der Waals surface area contributed by atoms with Crippen molar-refractivity contribution in [1.29, 1.82) is 0 Å². The van der Waals surface area contributed by atoms with E-state index in [4.69, 9.17) is 23.0 Å². The standard InChI is InChI=1S/C47H85NO6SSi3/c1-22-27-34(6)28-29-39(36(8)30-38-33-55-41(48-38)32-51-56(18,19)45(10,11)12)52-42(49)31-40(53-58(24-3,25-4)26-5)47(16,17)44(50)37(9)43(35(7)23-2)54-57(20,21)46(13,14)15/h22-23,28,30,33,35,37,39-40,43H,1-2,24-27,29,31-32H2,3-21H3/b34-28-,36-30+/t35-,37+,39-,40-,43-/m0/s1. The minimum Gasteiger partial charge on any atom is -0.457 e. The van der Waals surface area contributed by atoms with Crippen molar-refractivity contribution < 1.29 is 27.6 Å². The van der Waals surface area contributed by atoms with E-state index in [0.717, 1.165) is 46.4 Å². The zero-order valence-corrected chi connectivity index (χ0v) is 44.3. The molecule has 0 amide bonds. The minimum absolute atomic E-state index is 0.0291. The van der Waals surface area contributed by atoms with Gasteiger partial charge in [0.2, 0.25) is 0 Å². The number of thiazole rings is 1. The van der Waals surface area contributed by atoms with E-state index in [0.29, 0.717) is 13.0 Å². The van der Waals surface area contributed by atoms with Crippen LogP contribution in [0.3, 0.4) is 0 Å². The number of carbonyl (C=O) groups excluding carboxylic acids is 2. The van der Waals surface area contributed by atoms with Crippen molar-refractivity contribution in [3.63, 3.8) is 0 Å². The van der Waals surface area contributed by atoms with Gasteiger partial charge in [0.25, 0.3) is 0 Å². The summed E-state index contributed by atoms with van der Waals surface area (Å²) < 4.78 is 27.0. The van der Waals surface area contributed by atoms with Gasteiger partial charge in [0.1, 0.15) is 16.9 Å². The first-order chi connectivity index (χ1) is 26.5. The maximum absolute atomic E-state index is 14.9. The van der Waals surface area contributed by atoms with Crippen LogP contribution in [0.4, 0.5) is 0 Å². The molecule has 0 bridgehead atoms. The van der Waals surface area contributed by atoms with Crippen LogP contribution in [-0.2, 0) is 34.2 Å². The Bertz CT molecular complexity index is 1550. The highest BCUT2D eigenvalue weighted by Crippen LogP contribution is 2.42. The Hall–Kier alpha value is -1.74. The quantitative estimate of drug-likeness (QED) is 0.0549. The Morgan fingerprint density at radius 2 is 1.43 bits per heavy atom. The predicted molar refractivity (Wildman–Crippen MR) is 257 cm³/mol. The van der Waals surface area contributed by atoms with Gasteiger partial charge < -0.3 is 18.0 Å². The molecule has 0 radical (unpaired) electrons. The fraction of sp³-hybridized carbons (Fsp3) is 0.723. The Labute approximate surface area is 363 Å². The van der Waals surface area contributed by atoms with Crippen LogP contribution in [-0.4, -0.2) is 60.0 Å². The molecule has 11 heteroatoms. The third-order valence-electron chi connectivity index (χ3n) is 13.4. The Balaban J connectivity index is 3.63. The van der Waals surface area contributed by atoms with Crippen molar-refractivity contribution in [2.75, 3.05) is 0 Å². The van der Waals surface area contributed by atoms with E-state index in [1.54, 1.807) is 11.3 Å². The van der Waals surface area contributed by atoms with E-state index in [2.05, 4.69) is 122 Å². The number of carbonyl (C=O) groups is 2. The molecule has 0 unspecified atom stereocenters. The van der Waals surface area contributed by atoms with Gasteiger partial charge in [-0.1, -0.05) is 114 Å². The number of esters is 1. The SMILES string of the molecule is C=CC/C(C)=C\C[C@H](OC(=O)C[C@H](O[Si](CC)(CC)CC)C(C)(C)C(=O)[C@H](C)[C@@H](O[Si](C)(C)C(C)(C)C)[C@@H](C)C=C)/C(C)=C/c1csc(CO[Si](C)(C)C(C)(C)C)n1. The summed E-state index contributed by atoms with van der Waals surface area (Å²) in [6, 6.07) is 2.68. The van der Waals surface area contributed by atoms with Crippen molar-refractivity contribution in [3.8, 4) is 0 Å². The predicted octanol–water partition coefficient (Wildman–Crippen LogP) is 14.1. The second-order valence-electron chi connectivity index (χ2n) is 20.2. The molecule has 5 atom stereocenters. The smallest absolute Gasteiger partial charge is 0.309 e. The number of allylic oxidation sites excluding steroid dienone is 2. The fourth-order valence-electron chi connectivity index (χ4n) is 6.50. The summed E-state index contributed by atoms with van der Waals surface area (Å²) in [5.74, 6) is -0.851. The minimum atomic E-state index is -2.28. The molecule has 332 valence electrons. The topological polar surface area (TPSA) is 84.0 Å². The summed E-state index contributed by atoms with van der Waals surface area (Å²) in [6.07, 6.45) is 7.57. The molecule has 0 aliphatic carbocycles. The van der Waals surface area contributed by atoms with Gasteiger partial charge in [0.05, 0.1) is 30.9 Å². The molecule has 0 aliphatic heterocycles. The third-order valence-corrected chi connectivity index (χ3v) is 27.8. The lowest BCUT2D eigenvalue weighted by atomic mass is 9.73. The zero-order valence-electron chi connectivity index (χ0n) is 40.4. The molecule has 0 N–H and O–H groups in total. The van der Waals surface area contributed by atoms with Crippen LogP contribution >= 0.6 is 11.3 Å². The van der Waals surface area contributed by atoms with Gasteiger partial charge in [-0.05, 0) is 92.2 Å². The van der Waals surface area contributed by atoms with E-state index in [-0.39, 0.29) is 40.3 Å². The monoisotopic (exact) mass is 876 g/mol. The number of aromatic nitrogens is 1. The molecule has 7 nitrogen and oxygen atoms in total. The van der Waals surface area contributed by atoms with E-state index in [9.17, 15) is 9.59 Å². The average molecular weight is 877 g/mol. The van der Waals surface area contributed by atoms with Crippen molar-refractivity contribution in [3.05, 3.63) is 58.6 Å². The molecule has 0 aromatic carbocycles. The molecule has 0 saturated carbocycles. The number of nitrogens with zero attached hydrogens (tertiary/aromatic N) is 1. The third kappa shape index (κ3) is 15.3. The van der Waals surface area contributed by atoms with Gasteiger partial charge in [-0.25, -0.2) is 4.98 Å². The van der Waals surface area contributed by atoms with Crippen molar-refractivity contribution in [1.82, 2.24) is 4.98 Å². The van der Waals surface area contributed by atoms with Crippen molar-refractivity contribution in [2.45, 2.75) is 202 Å². The Kier molecular flexibility index (Phi) is 20.9. The highest BCUT2D eigenvalue weighted by Gasteiger charge is 2.49. The fourth-order valence-corrected chi connectivity index (χ4v) is 12.6. The Morgan fingerprint density at radius 1 is 0.879 bits per heavy atom. The highest BCUT2D eigenvalue weighted by molar-refractivity contribution is 7.09. The maximum atomic E-state index is 14.9. The summed E-state index contributed by atoms with van der Waals surface area (Å²) in [4.78, 5) is 34.1. The van der Waals surface area contributed by atoms with Crippen LogP contribution in [0.25, 0.3) is 6.08 Å².